The van der Waals surface area contributed by atoms with Crippen LogP contribution in [0.1, 0.15) is 21.5 Å². The molecule has 0 unspecified atom stereocenters. The Morgan fingerprint density at radius 2 is 1.75 bits per heavy atom. The van der Waals surface area contributed by atoms with Crippen molar-refractivity contribution in [1.29, 1.82) is 0 Å². The number of aryl methyl sites for hydroxylation is 1. The summed E-state index contributed by atoms with van der Waals surface area (Å²) in [5.74, 6) is -0.176. The van der Waals surface area contributed by atoms with E-state index in [9.17, 15) is 9.18 Å². The van der Waals surface area contributed by atoms with E-state index in [0.717, 1.165) is 11.1 Å². The summed E-state index contributed by atoms with van der Waals surface area (Å²) in [5.41, 5.74) is 2.30. The predicted molar refractivity (Wildman–Crippen MR) is 78.2 cm³/mol. The van der Waals surface area contributed by atoms with Crippen molar-refractivity contribution in [2.24, 2.45) is 0 Å². The number of rotatable bonds is 5. The Kier molecular flexibility index (Phi) is 4.64. The van der Waals surface area contributed by atoms with Crippen LogP contribution in [0.2, 0.25) is 0 Å². The molecule has 0 aliphatic rings. The van der Waals surface area contributed by atoms with Gasteiger partial charge >= 0.3 is 0 Å². The van der Waals surface area contributed by atoms with Crippen LogP contribution in [0.5, 0.6) is 0 Å². The molecule has 2 aromatic carbocycles. The monoisotopic (exact) mass is 271 g/mol. The number of hydrogen-bond acceptors (Lipinski definition) is 2. The van der Waals surface area contributed by atoms with Crippen molar-refractivity contribution in [1.82, 2.24) is 4.90 Å². The average molecular weight is 271 g/mol. The highest BCUT2D eigenvalue weighted by atomic mass is 19.1. The van der Waals surface area contributed by atoms with Crippen LogP contribution in [0.3, 0.4) is 0 Å². The van der Waals surface area contributed by atoms with E-state index < -0.39 is 0 Å². The average Bonchev–Trinajstić information content (AvgIpc) is 2.41. The molecule has 0 fully saturated rings. The zero-order valence-electron chi connectivity index (χ0n) is 11.8. The van der Waals surface area contributed by atoms with Crippen molar-refractivity contribution in [2.45, 2.75) is 13.5 Å². The smallest absolute Gasteiger partial charge is 0.177 e. The van der Waals surface area contributed by atoms with Gasteiger partial charge in [-0.05, 0) is 25.6 Å². The number of carbonyl (C=O) groups is 1. The van der Waals surface area contributed by atoms with Crippen molar-refractivity contribution in [3.63, 3.8) is 0 Å². The molecule has 20 heavy (non-hydrogen) atoms. The second-order valence-electron chi connectivity index (χ2n) is 5.00. The highest BCUT2D eigenvalue weighted by molar-refractivity contribution is 5.98. The van der Waals surface area contributed by atoms with Gasteiger partial charge in [0.25, 0.3) is 0 Å². The molecule has 0 bridgehead atoms. The number of ketones is 1. The summed E-state index contributed by atoms with van der Waals surface area (Å²) in [6.45, 7) is 2.62. The van der Waals surface area contributed by atoms with Crippen LogP contribution in [0.4, 0.5) is 4.39 Å². The standard InChI is InChI=1S/C17H18FNO/c1-13-7-3-5-9-15(13)17(20)12-19(2)11-14-8-4-6-10-16(14)18/h3-10H,11-12H2,1-2H3. The molecular formula is C17H18FNO. The molecule has 0 N–H and O–H groups in total. The van der Waals surface area contributed by atoms with Crippen molar-refractivity contribution < 1.29 is 9.18 Å². The number of likely N-dealkylation sites (N-methyl/N-ethyl adjacent to an activating group) is 1. The van der Waals surface area contributed by atoms with Gasteiger partial charge in [0.05, 0.1) is 6.54 Å². The molecule has 0 atom stereocenters. The fraction of sp³-hybridized carbons (Fsp3) is 0.235. The summed E-state index contributed by atoms with van der Waals surface area (Å²) < 4.78 is 13.6. The van der Waals surface area contributed by atoms with Crippen molar-refractivity contribution >= 4 is 5.78 Å². The van der Waals surface area contributed by atoms with Gasteiger partial charge in [-0.25, -0.2) is 4.39 Å². The normalized spacial score (nSPS) is 10.8. The molecule has 2 nitrogen and oxygen atoms in total. The quantitative estimate of drug-likeness (QED) is 0.776. The number of nitrogens with zero attached hydrogens (tertiary/aromatic N) is 1. The van der Waals surface area contributed by atoms with Gasteiger partial charge in [0, 0.05) is 17.7 Å². The van der Waals surface area contributed by atoms with Crippen LogP contribution in [-0.2, 0) is 6.54 Å². The lowest BCUT2D eigenvalue weighted by molar-refractivity contribution is 0.0942. The number of carbonyl (C=O) groups excluding carboxylic acids is 1. The molecule has 0 heterocycles. The lowest BCUT2D eigenvalue weighted by atomic mass is 10.0. The first-order valence-electron chi connectivity index (χ1n) is 6.58. The Bertz CT molecular complexity index is 609. The maximum Gasteiger partial charge on any atom is 0.177 e. The molecule has 0 spiro atoms. The molecule has 0 saturated carbocycles. The highest BCUT2D eigenvalue weighted by Gasteiger charge is 2.12. The molecule has 0 aliphatic heterocycles. The fourth-order valence-electron chi connectivity index (χ4n) is 2.19. The molecule has 2 aromatic rings. The maximum absolute atomic E-state index is 13.6. The Morgan fingerprint density at radius 3 is 2.45 bits per heavy atom. The SMILES string of the molecule is Cc1ccccc1C(=O)CN(C)Cc1ccccc1F. The Hall–Kier alpha value is -2.00. The van der Waals surface area contributed by atoms with Crippen LogP contribution in [0.25, 0.3) is 0 Å². The first-order chi connectivity index (χ1) is 9.58. The molecular weight excluding hydrogens is 253 g/mol. The van der Waals surface area contributed by atoms with E-state index in [1.807, 2.05) is 43.1 Å². The summed E-state index contributed by atoms with van der Waals surface area (Å²) in [6.07, 6.45) is 0. The molecule has 0 aliphatic carbocycles. The van der Waals surface area contributed by atoms with E-state index >= 15 is 0 Å². The van der Waals surface area contributed by atoms with Crippen molar-refractivity contribution in [2.75, 3.05) is 13.6 Å². The largest absolute Gasteiger partial charge is 0.294 e. The topological polar surface area (TPSA) is 20.3 Å². The van der Waals surface area contributed by atoms with E-state index in [2.05, 4.69) is 0 Å². The number of halogens is 1. The molecule has 0 aromatic heterocycles. The predicted octanol–water partition coefficient (Wildman–Crippen LogP) is 3.45. The first kappa shape index (κ1) is 14.4. The summed E-state index contributed by atoms with van der Waals surface area (Å²) in [6, 6.07) is 14.2. The van der Waals surface area contributed by atoms with Crippen LogP contribution < -0.4 is 0 Å². The molecule has 3 heteroatoms. The fourth-order valence-corrected chi connectivity index (χ4v) is 2.19. The molecule has 104 valence electrons. The Labute approximate surface area is 118 Å². The number of hydrogen-bond donors (Lipinski definition) is 0. The summed E-state index contributed by atoms with van der Waals surface area (Å²) in [4.78, 5) is 14.0. The van der Waals surface area contributed by atoms with Crippen LogP contribution in [0.15, 0.2) is 48.5 Å². The van der Waals surface area contributed by atoms with E-state index in [0.29, 0.717) is 12.1 Å². The Morgan fingerprint density at radius 1 is 1.10 bits per heavy atom. The zero-order chi connectivity index (χ0) is 14.5. The van der Waals surface area contributed by atoms with Gasteiger partial charge in [-0.2, -0.15) is 0 Å². The highest BCUT2D eigenvalue weighted by Crippen LogP contribution is 2.11. The van der Waals surface area contributed by atoms with Crippen molar-refractivity contribution in [3.8, 4) is 0 Å². The van der Waals surface area contributed by atoms with Gasteiger partial charge in [0.1, 0.15) is 5.82 Å². The maximum atomic E-state index is 13.6. The Balaban J connectivity index is 2.02. The lowest BCUT2D eigenvalue weighted by Crippen LogP contribution is -2.26. The molecule has 0 saturated heterocycles. The van der Waals surface area contributed by atoms with Gasteiger partial charge < -0.3 is 0 Å². The van der Waals surface area contributed by atoms with E-state index in [1.54, 1.807) is 18.2 Å². The third kappa shape index (κ3) is 3.52. The first-order valence-corrected chi connectivity index (χ1v) is 6.58. The third-order valence-corrected chi connectivity index (χ3v) is 3.26. The molecule has 2 rings (SSSR count). The third-order valence-electron chi connectivity index (χ3n) is 3.26. The van der Waals surface area contributed by atoms with Gasteiger partial charge in [-0.15, -0.1) is 0 Å². The number of benzene rings is 2. The van der Waals surface area contributed by atoms with Gasteiger partial charge in [-0.1, -0.05) is 42.5 Å². The minimum atomic E-state index is -0.234. The molecule has 0 amide bonds. The minimum absolute atomic E-state index is 0.0574. The lowest BCUT2D eigenvalue weighted by Gasteiger charge is -2.16. The van der Waals surface area contributed by atoms with Crippen LogP contribution in [0, 0.1) is 12.7 Å². The van der Waals surface area contributed by atoms with Gasteiger partial charge in [0.2, 0.25) is 0 Å². The second-order valence-corrected chi connectivity index (χ2v) is 5.00. The van der Waals surface area contributed by atoms with Crippen LogP contribution in [-0.4, -0.2) is 24.3 Å². The summed E-state index contributed by atoms with van der Waals surface area (Å²) >= 11 is 0. The summed E-state index contributed by atoms with van der Waals surface area (Å²) in [7, 11) is 1.82. The van der Waals surface area contributed by atoms with Gasteiger partial charge in [0.15, 0.2) is 5.78 Å². The van der Waals surface area contributed by atoms with E-state index in [1.165, 1.54) is 6.07 Å². The van der Waals surface area contributed by atoms with E-state index in [-0.39, 0.29) is 18.1 Å². The second kappa shape index (κ2) is 6.44. The zero-order valence-corrected chi connectivity index (χ0v) is 11.8. The van der Waals surface area contributed by atoms with Crippen molar-refractivity contribution in [3.05, 3.63) is 71.0 Å². The van der Waals surface area contributed by atoms with Gasteiger partial charge in [-0.3, -0.25) is 9.69 Å². The number of Topliss-reactive ketones (excluding diaryl/α,β-unsaturated/α-hetero) is 1. The minimum Gasteiger partial charge on any atom is -0.294 e. The molecule has 0 radical (unpaired) electrons. The van der Waals surface area contributed by atoms with E-state index in [4.69, 9.17) is 0 Å². The summed E-state index contributed by atoms with van der Waals surface area (Å²) in [5, 5.41) is 0. The van der Waals surface area contributed by atoms with Crippen LogP contribution >= 0.6 is 0 Å².